The summed E-state index contributed by atoms with van der Waals surface area (Å²) in [5, 5.41) is 0.898. The third-order valence-corrected chi connectivity index (χ3v) is 4.14. The van der Waals surface area contributed by atoms with Crippen molar-refractivity contribution in [3.05, 3.63) is 33.8 Å². The van der Waals surface area contributed by atoms with Crippen molar-refractivity contribution < 1.29 is 4.74 Å². The molecule has 0 bridgehead atoms. The standard InChI is InChI=1S/C12H14Br2O/c1-2-15-12(5-6-12)10-7-9(8-13)3-4-11(10)14/h3-4,7H,2,5-6,8H2,1H3. The summed E-state index contributed by atoms with van der Waals surface area (Å²) < 4.78 is 7.03. The maximum absolute atomic E-state index is 5.86. The van der Waals surface area contributed by atoms with Crippen LogP contribution in [0, 0.1) is 0 Å². The van der Waals surface area contributed by atoms with Crippen LogP contribution in [0.15, 0.2) is 22.7 Å². The monoisotopic (exact) mass is 332 g/mol. The Hall–Kier alpha value is 0.140. The number of ether oxygens (including phenoxy) is 1. The predicted molar refractivity (Wildman–Crippen MR) is 69.3 cm³/mol. The van der Waals surface area contributed by atoms with E-state index >= 15 is 0 Å². The average molecular weight is 334 g/mol. The van der Waals surface area contributed by atoms with Crippen molar-refractivity contribution in [2.45, 2.75) is 30.7 Å². The second kappa shape index (κ2) is 4.56. The Morgan fingerprint density at radius 1 is 1.40 bits per heavy atom. The van der Waals surface area contributed by atoms with Gasteiger partial charge in [-0.25, -0.2) is 0 Å². The fourth-order valence-corrected chi connectivity index (χ4v) is 2.84. The van der Waals surface area contributed by atoms with Gasteiger partial charge in [0.2, 0.25) is 0 Å². The van der Waals surface area contributed by atoms with Crippen molar-refractivity contribution in [3.63, 3.8) is 0 Å². The smallest absolute Gasteiger partial charge is 0.0944 e. The van der Waals surface area contributed by atoms with Crippen molar-refractivity contribution in [2.24, 2.45) is 0 Å². The van der Waals surface area contributed by atoms with Gasteiger partial charge in [0.25, 0.3) is 0 Å². The molecular formula is C12H14Br2O. The third-order valence-electron chi connectivity index (χ3n) is 2.80. The van der Waals surface area contributed by atoms with Gasteiger partial charge in [0.1, 0.15) is 0 Å². The molecule has 1 aromatic carbocycles. The first-order chi connectivity index (χ1) is 7.22. The highest BCUT2D eigenvalue weighted by atomic mass is 79.9. The summed E-state index contributed by atoms with van der Waals surface area (Å²) in [5.41, 5.74) is 2.62. The number of alkyl halides is 1. The Morgan fingerprint density at radius 2 is 2.13 bits per heavy atom. The van der Waals surface area contributed by atoms with Crippen molar-refractivity contribution >= 4 is 31.9 Å². The number of hydrogen-bond donors (Lipinski definition) is 0. The molecule has 3 heteroatoms. The van der Waals surface area contributed by atoms with E-state index < -0.39 is 0 Å². The average Bonchev–Trinajstić information content (AvgIpc) is 3.00. The molecule has 82 valence electrons. The summed E-state index contributed by atoms with van der Waals surface area (Å²) in [7, 11) is 0. The SMILES string of the molecule is CCOC1(c2cc(CBr)ccc2Br)CC1. The Kier molecular flexibility index (Phi) is 3.53. The summed E-state index contributed by atoms with van der Waals surface area (Å²) in [6.45, 7) is 2.84. The Labute approximate surface area is 107 Å². The Bertz CT molecular complexity index is 359. The molecule has 1 nitrogen and oxygen atoms in total. The van der Waals surface area contributed by atoms with Gasteiger partial charge in [-0.3, -0.25) is 0 Å². The van der Waals surface area contributed by atoms with E-state index in [1.807, 2.05) is 0 Å². The molecule has 1 aromatic rings. The molecule has 0 saturated heterocycles. The molecule has 0 spiro atoms. The van der Waals surface area contributed by atoms with Gasteiger partial charge in [-0.1, -0.05) is 44.0 Å². The van der Waals surface area contributed by atoms with Gasteiger partial charge >= 0.3 is 0 Å². The molecule has 2 rings (SSSR count). The molecule has 0 radical (unpaired) electrons. The fourth-order valence-electron chi connectivity index (χ4n) is 1.89. The van der Waals surface area contributed by atoms with Crippen molar-refractivity contribution in [1.29, 1.82) is 0 Å². The number of hydrogen-bond acceptors (Lipinski definition) is 1. The minimum absolute atomic E-state index is 0.00572. The highest BCUT2D eigenvalue weighted by Gasteiger charge is 2.46. The number of halogens is 2. The normalized spacial score (nSPS) is 17.8. The Morgan fingerprint density at radius 3 is 2.67 bits per heavy atom. The molecule has 1 aliphatic rings. The Balaban J connectivity index is 2.34. The van der Waals surface area contributed by atoms with Gasteiger partial charge in [-0.05, 0) is 37.0 Å². The molecule has 0 aliphatic heterocycles. The second-order valence-electron chi connectivity index (χ2n) is 3.88. The highest BCUT2D eigenvalue weighted by Crippen LogP contribution is 2.51. The lowest BCUT2D eigenvalue weighted by Gasteiger charge is -2.18. The van der Waals surface area contributed by atoms with E-state index in [1.165, 1.54) is 11.1 Å². The molecule has 0 heterocycles. The van der Waals surface area contributed by atoms with Crippen molar-refractivity contribution in [3.8, 4) is 0 Å². The maximum atomic E-state index is 5.86. The third kappa shape index (κ3) is 2.29. The minimum Gasteiger partial charge on any atom is -0.371 e. The molecule has 1 saturated carbocycles. The van der Waals surface area contributed by atoms with Crippen LogP contribution in [0.5, 0.6) is 0 Å². The topological polar surface area (TPSA) is 9.23 Å². The molecule has 0 N–H and O–H groups in total. The first-order valence-corrected chi connectivity index (χ1v) is 7.12. The van der Waals surface area contributed by atoms with Crippen LogP contribution in [0.25, 0.3) is 0 Å². The molecule has 1 fully saturated rings. The van der Waals surface area contributed by atoms with Gasteiger partial charge < -0.3 is 4.74 Å². The van der Waals surface area contributed by atoms with Crippen LogP contribution in [-0.4, -0.2) is 6.61 Å². The van der Waals surface area contributed by atoms with Crippen LogP contribution >= 0.6 is 31.9 Å². The zero-order valence-corrected chi connectivity index (χ0v) is 11.9. The fraction of sp³-hybridized carbons (Fsp3) is 0.500. The van der Waals surface area contributed by atoms with Gasteiger partial charge in [0, 0.05) is 16.4 Å². The summed E-state index contributed by atoms with van der Waals surface area (Å²) in [6, 6.07) is 6.48. The van der Waals surface area contributed by atoms with E-state index in [2.05, 4.69) is 57.0 Å². The predicted octanol–water partition coefficient (Wildman–Crippen LogP) is 4.37. The van der Waals surface area contributed by atoms with E-state index in [4.69, 9.17) is 4.74 Å². The first kappa shape index (κ1) is 11.6. The van der Waals surface area contributed by atoms with E-state index in [-0.39, 0.29) is 5.60 Å². The lowest BCUT2D eigenvalue weighted by atomic mass is 10.1. The van der Waals surface area contributed by atoms with Crippen molar-refractivity contribution in [1.82, 2.24) is 0 Å². The molecular weight excluding hydrogens is 320 g/mol. The molecule has 0 amide bonds. The molecule has 0 unspecified atom stereocenters. The van der Waals surface area contributed by atoms with Gasteiger partial charge in [0.15, 0.2) is 0 Å². The maximum Gasteiger partial charge on any atom is 0.0944 e. The van der Waals surface area contributed by atoms with Gasteiger partial charge in [0.05, 0.1) is 5.60 Å². The van der Waals surface area contributed by atoms with E-state index in [0.29, 0.717) is 0 Å². The molecule has 0 atom stereocenters. The zero-order valence-electron chi connectivity index (χ0n) is 8.72. The summed E-state index contributed by atoms with van der Waals surface area (Å²) >= 11 is 7.10. The number of rotatable bonds is 4. The van der Waals surface area contributed by atoms with Gasteiger partial charge in [-0.2, -0.15) is 0 Å². The van der Waals surface area contributed by atoms with Gasteiger partial charge in [-0.15, -0.1) is 0 Å². The molecule has 15 heavy (non-hydrogen) atoms. The minimum atomic E-state index is 0.00572. The molecule has 1 aliphatic carbocycles. The van der Waals surface area contributed by atoms with Crippen molar-refractivity contribution in [2.75, 3.05) is 6.61 Å². The van der Waals surface area contributed by atoms with Crippen LogP contribution in [0.2, 0.25) is 0 Å². The number of benzene rings is 1. The van der Waals surface area contributed by atoms with Crippen LogP contribution in [0.4, 0.5) is 0 Å². The summed E-state index contributed by atoms with van der Waals surface area (Å²) in [6.07, 6.45) is 2.29. The van der Waals surface area contributed by atoms with Crippen LogP contribution in [-0.2, 0) is 15.7 Å². The van der Waals surface area contributed by atoms with E-state index in [0.717, 1.165) is 29.3 Å². The second-order valence-corrected chi connectivity index (χ2v) is 5.29. The lowest BCUT2D eigenvalue weighted by Crippen LogP contribution is -2.12. The zero-order chi connectivity index (χ0) is 10.9. The van der Waals surface area contributed by atoms with Crippen LogP contribution in [0.1, 0.15) is 30.9 Å². The molecule has 0 aromatic heterocycles. The first-order valence-electron chi connectivity index (χ1n) is 5.20. The van der Waals surface area contributed by atoms with E-state index in [1.54, 1.807) is 0 Å². The van der Waals surface area contributed by atoms with Crippen LogP contribution < -0.4 is 0 Å². The lowest BCUT2D eigenvalue weighted by molar-refractivity contribution is 0.0390. The van der Waals surface area contributed by atoms with E-state index in [9.17, 15) is 0 Å². The summed E-state index contributed by atoms with van der Waals surface area (Å²) in [5.74, 6) is 0. The summed E-state index contributed by atoms with van der Waals surface area (Å²) in [4.78, 5) is 0. The van der Waals surface area contributed by atoms with Crippen LogP contribution in [0.3, 0.4) is 0 Å². The highest BCUT2D eigenvalue weighted by molar-refractivity contribution is 9.10. The quantitative estimate of drug-likeness (QED) is 0.743. The largest absolute Gasteiger partial charge is 0.371 e.